The van der Waals surface area contributed by atoms with Crippen molar-refractivity contribution in [3.8, 4) is 0 Å². The Bertz CT molecular complexity index is 278. The first kappa shape index (κ1) is 11.3. The van der Waals surface area contributed by atoms with Gasteiger partial charge in [0.1, 0.15) is 0 Å². The molecule has 3 fully saturated rings. The molecular weight excluding hydrogens is 214 g/mol. The van der Waals surface area contributed by atoms with E-state index in [4.69, 9.17) is 0 Å². The molecule has 2 heterocycles. The van der Waals surface area contributed by atoms with Crippen LogP contribution in [0.1, 0.15) is 44.9 Å². The monoisotopic (exact) mass is 237 g/mol. The number of carbonyl (C=O) groups excluding carboxylic acids is 1. The summed E-state index contributed by atoms with van der Waals surface area (Å²) in [6, 6.07) is 2.02. The molecule has 2 unspecified atom stereocenters. The molecule has 2 atom stereocenters. The van der Waals surface area contributed by atoms with Crippen molar-refractivity contribution in [1.29, 1.82) is 0 Å². The molecule has 2 saturated heterocycles. The number of fused-ring (bicyclic) bond motifs is 2. The topological polar surface area (TPSA) is 53.2 Å². The van der Waals surface area contributed by atoms with Crippen LogP contribution >= 0.6 is 0 Å². The molecule has 0 aromatic heterocycles. The Morgan fingerprint density at radius 1 is 1.12 bits per heavy atom. The van der Waals surface area contributed by atoms with Gasteiger partial charge in [-0.25, -0.2) is 4.79 Å². The Morgan fingerprint density at radius 2 is 1.82 bits per heavy atom. The van der Waals surface area contributed by atoms with Crippen LogP contribution < -0.4 is 16.0 Å². The molecule has 3 rings (SSSR count). The second-order valence-corrected chi connectivity index (χ2v) is 5.94. The Labute approximate surface area is 103 Å². The van der Waals surface area contributed by atoms with Crippen LogP contribution in [0.25, 0.3) is 0 Å². The first-order valence-electron chi connectivity index (χ1n) is 7.10. The van der Waals surface area contributed by atoms with Gasteiger partial charge in [-0.1, -0.05) is 0 Å². The molecule has 2 bridgehead atoms. The van der Waals surface area contributed by atoms with Gasteiger partial charge in [0.05, 0.1) is 0 Å². The predicted molar refractivity (Wildman–Crippen MR) is 66.8 cm³/mol. The first-order valence-corrected chi connectivity index (χ1v) is 7.10. The molecule has 0 aromatic carbocycles. The van der Waals surface area contributed by atoms with Crippen molar-refractivity contribution >= 4 is 6.03 Å². The summed E-state index contributed by atoms with van der Waals surface area (Å²) < 4.78 is 0. The molecule has 1 saturated carbocycles. The minimum atomic E-state index is 0.0319. The van der Waals surface area contributed by atoms with Gasteiger partial charge in [-0.2, -0.15) is 0 Å². The van der Waals surface area contributed by atoms with E-state index in [0.29, 0.717) is 6.04 Å². The largest absolute Gasteiger partial charge is 0.338 e. The summed E-state index contributed by atoms with van der Waals surface area (Å²) in [5.74, 6) is 0.815. The molecule has 96 valence electrons. The summed E-state index contributed by atoms with van der Waals surface area (Å²) in [5.41, 5.74) is 0. The van der Waals surface area contributed by atoms with E-state index < -0.39 is 0 Å². The lowest BCUT2D eigenvalue weighted by molar-refractivity contribution is 0.237. The Morgan fingerprint density at radius 3 is 2.47 bits per heavy atom. The van der Waals surface area contributed by atoms with Gasteiger partial charge in [-0.3, -0.25) is 0 Å². The molecule has 2 aliphatic heterocycles. The molecule has 17 heavy (non-hydrogen) atoms. The first-order chi connectivity index (χ1) is 8.29. The van der Waals surface area contributed by atoms with Gasteiger partial charge in [-0.15, -0.1) is 0 Å². The lowest BCUT2D eigenvalue weighted by Crippen LogP contribution is -2.41. The Balaban J connectivity index is 1.32. The fourth-order valence-electron chi connectivity index (χ4n) is 3.26. The van der Waals surface area contributed by atoms with Crippen LogP contribution in [0.4, 0.5) is 4.79 Å². The maximum absolute atomic E-state index is 11.4. The molecule has 4 nitrogen and oxygen atoms in total. The number of hydrogen-bond donors (Lipinski definition) is 3. The van der Waals surface area contributed by atoms with Gasteiger partial charge in [-0.05, 0) is 50.9 Å². The van der Waals surface area contributed by atoms with Crippen LogP contribution in [0.3, 0.4) is 0 Å². The standard InChI is InChI=1S/C13H23N3O/c17-13(16-10-1-2-10)14-6-5-9-7-11-3-4-12(8-9)15-11/h9-12,15H,1-8H2,(H2,14,16,17). The number of urea groups is 1. The van der Waals surface area contributed by atoms with Crippen molar-refractivity contribution in [1.82, 2.24) is 16.0 Å². The molecule has 0 aromatic rings. The fourth-order valence-corrected chi connectivity index (χ4v) is 3.26. The predicted octanol–water partition coefficient (Wildman–Crippen LogP) is 1.37. The molecule has 3 N–H and O–H groups in total. The average Bonchev–Trinajstić information content (AvgIpc) is 3.04. The summed E-state index contributed by atoms with van der Waals surface area (Å²) in [4.78, 5) is 11.4. The number of carbonyl (C=O) groups is 1. The third-order valence-corrected chi connectivity index (χ3v) is 4.32. The smallest absolute Gasteiger partial charge is 0.315 e. The summed E-state index contributed by atoms with van der Waals surface area (Å²) in [6.45, 7) is 0.836. The average molecular weight is 237 g/mol. The number of rotatable bonds is 4. The molecule has 0 radical (unpaired) electrons. The zero-order chi connectivity index (χ0) is 11.7. The third-order valence-electron chi connectivity index (χ3n) is 4.32. The van der Waals surface area contributed by atoms with Crippen LogP contribution in [-0.4, -0.2) is 30.7 Å². The third kappa shape index (κ3) is 3.12. The van der Waals surface area contributed by atoms with Crippen molar-refractivity contribution in [2.24, 2.45) is 5.92 Å². The zero-order valence-corrected chi connectivity index (χ0v) is 10.4. The van der Waals surface area contributed by atoms with E-state index in [-0.39, 0.29) is 6.03 Å². The quantitative estimate of drug-likeness (QED) is 0.691. The van der Waals surface area contributed by atoms with Crippen molar-refractivity contribution in [2.75, 3.05) is 6.54 Å². The number of hydrogen-bond acceptors (Lipinski definition) is 2. The van der Waals surface area contributed by atoms with Gasteiger partial charge in [0.15, 0.2) is 0 Å². The van der Waals surface area contributed by atoms with Crippen LogP contribution in [-0.2, 0) is 0 Å². The van der Waals surface area contributed by atoms with Gasteiger partial charge in [0.2, 0.25) is 0 Å². The summed E-state index contributed by atoms with van der Waals surface area (Å²) in [5, 5.41) is 9.59. The number of nitrogens with one attached hydrogen (secondary N) is 3. The molecule has 0 spiro atoms. The minimum absolute atomic E-state index is 0.0319. The van der Waals surface area contributed by atoms with E-state index >= 15 is 0 Å². The lowest BCUT2D eigenvalue weighted by atomic mass is 9.90. The van der Waals surface area contributed by atoms with Crippen LogP contribution in [0.2, 0.25) is 0 Å². The molecule has 1 aliphatic carbocycles. The van der Waals surface area contributed by atoms with Crippen molar-refractivity contribution < 1.29 is 4.79 Å². The molecule has 2 amide bonds. The molecular formula is C13H23N3O. The van der Waals surface area contributed by atoms with E-state index in [2.05, 4.69) is 16.0 Å². The summed E-state index contributed by atoms with van der Waals surface area (Å²) >= 11 is 0. The maximum Gasteiger partial charge on any atom is 0.315 e. The normalized spacial score (nSPS) is 35.6. The van der Waals surface area contributed by atoms with E-state index in [9.17, 15) is 4.79 Å². The van der Waals surface area contributed by atoms with Crippen molar-refractivity contribution in [3.05, 3.63) is 0 Å². The maximum atomic E-state index is 11.4. The van der Waals surface area contributed by atoms with Crippen molar-refractivity contribution in [3.63, 3.8) is 0 Å². The highest BCUT2D eigenvalue weighted by Gasteiger charge is 2.33. The van der Waals surface area contributed by atoms with Crippen LogP contribution in [0.15, 0.2) is 0 Å². The van der Waals surface area contributed by atoms with Gasteiger partial charge >= 0.3 is 6.03 Å². The number of amides is 2. The minimum Gasteiger partial charge on any atom is -0.338 e. The van der Waals surface area contributed by atoms with Gasteiger partial charge in [0, 0.05) is 24.7 Å². The Hall–Kier alpha value is -0.770. The highest BCUT2D eigenvalue weighted by molar-refractivity contribution is 5.74. The van der Waals surface area contributed by atoms with Crippen LogP contribution in [0, 0.1) is 5.92 Å². The zero-order valence-electron chi connectivity index (χ0n) is 10.4. The van der Waals surface area contributed by atoms with Gasteiger partial charge < -0.3 is 16.0 Å². The van der Waals surface area contributed by atoms with Crippen LogP contribution in [0.5, 0.6) is 0 Å². The highest BCUT2D eigenvalue weighted by Crippen LogP contribution is 2.32. The Kier molecular flexibility index (Phi) is 3.23. The van der Waals surface area contributed by atoms with E-state index in [1.807, 2.05) is 0 Å². The van der Waals surface area contributed by atoms with E-state index in [1.54, 1.807) is 0 Å². The second kappa shape index (κ2) is 4.84. The fraction of sp³-hybridized carbons (Fsp3) is 0.923. The van der Waals surface area contributed by atoms with E-state index in [1.165, 1.54) is 25.7 Å². The molecule has 3 aliphatic rings. The van der Waals surface area contributed by atoms with E-state index in [0.717, 1.165) is 43.8 Å². The second-order valence-electron chi connectivity index (χ2n) is 5.94. The van der Waals surface area contributed by atoms with Crippen molar-refractivity contribution in [2.45, 2.75) is 63.1 Å². The highest BCUT2D eigenvalue weighted by atomic mass is 16.2. The SMILES string of the molecule is O=C(NCCC1CC2CCC(C1)N2)NC1CC1. The lowest BCUT2D eigenvalue weighted by Gasteiger charge is -2.29. The van der Waals surface area contributed by atoms with Gasteiger partial charge in [0.25, 0.3) is 0 Å². The number of piperidine rings is 1. The summed E-state index contributed by atoms with van der Waals surface area (Å²) in [6.07, 6.45) is 8.79. The summed E-state index contributed by atoms with van der Waals surface area (Å²) in [7, 11) is 0. The molecule has 4 heteroatoms.